The Morgan fingerprint density at radius 3 is 2.11 bits per heavy atom. The number of sulfonamides is 1. The van der Waals surface area contributed by atoms with Gasteiger partial charge in [0.2, 0.25) is 10.0 Å². The van der Waals surface area contributed by atoms with E-state index in [0.717, 1.165) is 19.3 Å². The predicted octanol–water partition coefficient (Wildman–Crippen LogP) is 2.86. The molecule has 19 heavy (non-hydrogen) atoms. The fourth-order valence-corrected chi connectivity index (χ4v) is 2.40. The lowest BCUT2D eigenvalue weighted by Crippen LogP contribution is -2.22. The van der Waals surface area contributed by atoms with Crippen molar-refractivity contribution in [2.24, 2.45) is 0 Å². The zero-order valence-electron chi connectivity index (χ0n) is 12.4. The molecular formula is C15H25NO2S. The van der Waals surface area contributed by atoms with Crippen LogP contribution >= 0.6 is 0 Å². The van der Waals surface area contributed by atoms with Gasteiger partial charge in [-0.25, -0.2) is 13.1 Å². The predicted molar refractivity (Wildman–Crippen MR) is 80.9 cm³/mol. The Balaban J connectivity index is 2.35. The summed E-state index contributed by atoms with van der Waals surface area (Å²) in [5.74, 6) is 0. The van der Waals surface area contributed by atoms with Crippen molar-refractivity contribution in [1.29, 1.82) is 0 Å². The summed E-state index contributed by atoms with van der Waals surface area (Å²) in [7, 11) is -3.04. The molecular weight excluding hydrogens is 258 g/mol. The Bertz CT molecular complexity index is 484. The van der Waals surface area contributed by atoms with E-state index in [1.807, 2.05) is 0 Å². The van der Waals surface area contributed by atoms with Gasteiger partial charge in [0.1, 0.15) is 0 Å². The highest BCUT2D eigenvalue weighted by molar-refractivity contribution is 7.88. The average Bonchev–Trinajstić information content (AvgIpc) is 2.26. The van der Waals surface area contributed by atoms with Gasteiger partial charge in [-0.2, -0.15) is 0 Å². The van der Waals surface area contributed by atoms with Gasteiger partial charge in [-0.05, 0) is 35.8 Å². The lowest BCUT2D eigenvalue weighted by atomic mass is 9.86. The molecule has 0 amide bonds. The first kappa shape index (κ1) is 16.2. The van der Waals surface area contributed by atoms with Gasteiger partial charge in [-0.1, -0.05) is 45.0 Å². The van der Waals surface area contributed by atoms with Crippen LogP contribution in [0.2, 0.25) is 0 Å². The minimum atomic E-state index is -3.04. The van der Waals surface area contributed by atoms with Crippen LogP contribution in [-0.2, 0) is 21.9 Å². The lowest BCUT2D eigenvalue weighted by molar-refractivity contribution is 0.582. The summed E-state index contributed by atoms with van der Waals surface area (Å²) in [6.07, 6.45) is 4.06. The highest BCUT2D eigenvalue weighted by Crippen LogP contribution is 2.22. The van der Waals surface area contributed by atoms with Gasteiger partial charge in [0.05, 0.1) is 6.26 Å². The van der Waals surface area contributed by atoms with E-state index in [2.05, 4.69) is 49.8 Å². The largest absolute Gasteiger partial charge is 0.215 e. The second-order valence-electron chi connectivity index (χ2n) is 6.07. The standard InChI is InChI=1S/C15H25NO2S/c1-15(2,3)14-10-8-13(9-11-14)7-5-6-12-16-19(4,17)18/h8-11,16H,5-7,12H2,1-4H3. The Labute approximate surface area is 117 Å². The number of hydrogen-bond acceptors (Lipinski definition) is 2. The summed E-state index contributed by atoms with van der Waals surface area (Å²) in [5.41, 5.74) is 2.85. The van der Waals surface area contributed by atoms with Crippen LogP contribution in [0.5, 0.6) is 0 Å². The number of hydrogen-bond donors (Lipinski definition) is 1. The summed E-state index contributed by atoms with van der Waals surface area (Å²) in [6, 6.07) is 8.71. The van der Waals surface area contributed by atoms with Crippen molar-refractivity contribution in [3.8, 4) is 0 Å². The number of rotatable bonds is 6. The van der Waals surface area contributed by atoms with E-state index in [1.165, 1.54) is 17.4 Å². The molecule has 0 atom stereocenters. The molecule has 0 radical (unpaired) electrons. The van der Waals surface area contributed by atoms with E-state index in [4.69, 9.17) is 0 Å². The fraction of sp³-hybridized carbons (Fsp3) is 0.600. The van der Waals surface area contributed by atoms with E-state index >= 15 is 0 Å². The molecule has 0 fully saturated rings. The molecule has 0 aliphatic heterocycles. The molecule has 0 spiro atoms. The first-order chi connectivity index (χ1) is 8.68. The maximum atomic E-state index is 10.9. The summed E-state index contributed by atoms with van der Waals surface area (Å²) in [4.78, 5) is 0. The zero-order chi connectivity index (χ0) is 14.5. The summed E-state index contributed by atoms with van der Waals surface area (Å²) < 4.78 is 24.3. The highest BCUT2D eigenvalue weighted by Gasteiger charge is 2.12. The van der Waals surface area contributed by atoms with Crippen molar-refractivity contribution < 1.29 is 8.42 Å². The topological polar surface area (TPSA) is 46.2 Å². The van der Waals surface area contributed by atoms with Crippen LogP contribution in [0.15, 0.2) is 24.3 Å². The Morgan fingerprint density at radius 2 is 1.63 bits per heavy atom. The minimum Gasteiger partial charge on any atom is -0.215 e. The molecule has 1 aromatic rings. The summed E-state index contributed by atoms with van der Waals surface area (Å²) in [6.45, 7) is 7.15. The summed E-state index contributed by atoms with van der Waals surface area (Å²) in [5, 5.41) is 0. The molecule has 1 rings (SSSR count). The first-order valence-electron chi connectivity index (χ1n) is 6.72. The van der Waals surface area contributed by atoms with Crippen molar-refractivity contribution in [3.05, 3.63) is 35.4 Å². The molecule has 0 bridgehead atoms. The number of unbranched alkanes of at least 4 members (excludes halogenated alkanes) is 1. The Hall–Kier alpha value is -0.870. The minimum absolute atomic E-state index is 0.192. The third-order valence-electron chi connectivity index (χ3n) is 3.08. The Kier molecular flexibility index (Phi) is 5.56. The number of benzene rings is 1. The van der Waals surface area contributed by atoms with Crippen LogP contribution in [0.25, 0.3) is 0 Å². The van der Waals surface area contributed by atoms with Crippen LogP contribution in [0.3, 0.4) is 0 Å². The summed E-state index contributed by atoms with van der Waals surface area (Å²) >= 11 is 0. The quantitative estimate of drug-likeness (QED) is 0.816. The van der Waals surface area contributed by atoms with Gasteiger partial charge in [-0.3, -0.25) is 0 Å². The van der Waals surface area contributed by atoms with Crippen molar-refractivity contribution in [3.63, 3.8) is 0 Å². The van der Waals surface area contributed by atoms with E-state index in [-0.39, 0.29) is 5.41 Å². The van der Waals surface area contributed by atoms with Crippen molar-refractivity contribution in [2.75, 3.05) is 12.8 Å². The molecule has 0 aliphatic carbocycles. The zero-order valence-corrected chi connectivity index (χ0v) is 13.2. The smallest absolute Gasteiger partial charge is 0.208 e. The second-order valence-corrected chi connectivity index (χ2v) is 7.90. The van der Waals surface area contributed by atoms with E-state index < -0.39 is 10.0 Å². The average molecular weight is 283 g/mol. The first-order valence-corrected chi connectivity index (χ1v) is 8.62. The third kappa shape index (κ3) is 6.73. The van der Waals surface area contributed by atoms with Gasteiger partial charge in [0.25, 0.3) is 0 Å². The van der Waals surface area contributed by atoms with Crippen LogP contribution < -0.4 is 4.72 Å². The number of aryl methyl sites for hydroxylation is 1. The van der Waals surface area contributed by atoms with Crippen LogP contribution in [-0.4, -0.2) is 21.2 Å². The van der Waals surface area contributed by atoms with Gasteiger partial charge < -0.3 is 0 Å². The molecule has 3 nitrogen and oxygen atoms in total. The van der Waals surface area contributed by atoms with Gasteiger partial charge >= 0.3 is 0 Å². The molecule has 0 aliphatic rings. The van der Waals surface area contributed by atoms with Crippen molar-refractivity contribution >= 4 is 10.0 Å². The molecule has 4 heteroatoms. The maximum Gasteiger partial charge on any atom is 0.208 e. The molecule has 0 heterocycles. The van der Waals surface area contributed by atoms with Crippen LogP contribution in [0.1, 0.15) is 44.7 Å². The van der Waals surface area contributed by atoms with Crippen molar-refractivity contribution in [1.82, 2.24) is 4.72 Å². The van der Waals surface area contributed by atoms with Crippen molar-refractivity contribution in [2.45, 2.75) is 45.4 Å². The van der Waals surface area contributed by atoms with E-state index in [0.29, 0.717) is 6.54 Å². The third-order valence-corrected chi connectivity index (χ3v) is 3.80. The highest BCUT2D eigenvalue weighted by atomic mass is 32.2. The molecule has 1 N–H and O–H groups in total. The van der Waals surface area contributed by atoms with Crippen LogP contribution in [0, 0.1) is 0 Å². The molecule has 108 valence electrons. The number of nitrogens with one attached hydrogen (secondary N) is 1. The molecule has 0 unspecified atom stereocenters. The lowest BCUT2D eigenvalue weighted by Gasteiger charge is -2.19. The normalized spacial score (nSPS) is 12.6. The monoisotopic (exact) mass is 283 g/mol. The molecule has 1 aromatic carbocycles. The fourth-order valence-electron chi connectivity index (χ4n) is 1.88. The second kappa shape index (κ2) is 6.53. The Morgan fingerprint density at radius 1 is 1.05 bits per heavy atom. The SMILES string of the molecule is CC(C)(C)c1ccc(CCCCNS(C)(=O)=O)cc1. The van der Waals surface area contributed by atoms with Gasteiger partial charge in [-0.15, -0.1) is 0 Å². The molecule has 0 saturated heterocycles. The van der Waals surface area contributed by atoms with E-state index in [9.17, 15) is 8.42 Å². The molecule has 0 saturated carbocycles. The maximum absolute atomic E-state index is 10.9. The van der Waals surface area contributed by atoms with Gasteiger partial charge in [0, 0.05) is 6.54 Å². The van der Waals surface area contributed by atoms with Gasteiger partial charge in [0.15, 0.2) is 0 Å². The van der Waals surface area contributed by atoms with Crippen LogP contribution in [0.4, 0.5) is 0 Å². The molecule has 0 aromatic heterocycles. The van der Waals surface area contributed by atoms with E-state index in [1.54, 1.807) is 0 Å².